The van der Waals surface area contributed by atoms with Crippen molar-refractivity contribution in [1.82, 2.24) is 0 Å². The monoisotopic (exact) mass is 313 g/mol. The molecule has 3 nitrogen and oxygen atoms in total. The molecule has 0 radical (unpaired) electrons. The fourth-order valence-electron chi connectivity index (χ4n) is 1.63. The quantitative estimate of drug-likeness (QED) is 0.912. The minimum Gasteiger partial charge on any atom is -0.494 e. The lowest BCUT2D eigenvalue weighted by Gasteiger charge is -2.11. The number of benzene rings is 2. The van der Waals surface area contributed by atoms with Crippen molar-refractivity contribution in [2.45, 2.75) is 0 Å². The number of rotatable bonds is 3. The average Bonchev–Trinajstić information content (AvgIpc) is 2.43. The van der Waals surface area contributed by atoms with Gasteiger partial charge in [-0.15, -0.1) is 0 Å². The second kappa shape index (κ2) is 6.11. The number of methoxy groups -OCH3 is 1. The second-order valence-electron chi connectivity index (χ2n) is 3.92. The van der Waals surface area contributed by atoms with Crippen LogP contribution in [0.15, 0.2) is 36.4 Å². The zero-order chi connectivity index (χ0) is 14.7. The van der Waals surface area contributed by atoms with Gasteiger partial charge in [0.25, 0.3) is 5.91 Å². The van der Waals surface area contributed by atoms with Crippen molar-refractivity contribution in [3.05, 3.63) is 57.8 Å². The summed E-state index contributed by atoms with van der Waals surface area (Å²) in [6.45, 7) is 0. The van der Waals surface area contributed by atoms with Crippen LogP contribution in [0.5, 0.6) is 5.75 Å². The third-order valence-electron chi connectivity index (χ3n) is 2.58. The van der Waals surface area contributed by atoms with Gasteiger partial charge < -0.3 is 10.1 Å². The number of anilines is 1. The highest BCUT2D eigenvalue weighted by atomic mass is 35.5. The third-order valence-corrected chi connectivity index (χ3v) is 3.15. The Kier molecular flexibility index (Phi) is 4.47. The van der Waals surface area contributed by atoms with Gasteiger partial charge in [0, 0.05) is 11.1 Å². The summed E-state index contributed by atoms with van der Waals surface area (Å²) in [7, 11) is 1.39. The molecule has 0 spiro atoms. The molecule has 0 aromatic heterocycles. The molecule has 2 aromatic carbocycles. The largest absolute Gasteiger partial charge is 0.494 e. The normalized spacial score (nSPS) is 10.2. The van der Waals surface area contributed by atoms with Crippen LogP contribution in [0.25, 0.3) is 0 Å². The molecule has 0 bridgehead atoms. The van der Waals surface area contributed by atoms with E-state index in [0.717, 1.165) is 0 Å². The van der Waals surface area contributed by atoms with Crippen molar-refractivity contribution in [1.29, 1.82) is 0 Å². The lowest BCUT2D eigenvalue weighted by molar-refractivity contribution is 0.102. The number of amides is 1. The maximum atomic E-state index is 13.1. The van der Waals surface area contributed by atoms with Crippen LogP contribution in [0.4, 0.5) is 10.1 Å². The van der Waals surface area contributed by atoms with Crippen LogP contribution < -0.4 is 10.1 Å². The Labute approximate surface area is 125 Å². The first kappa shape index (κ1) is 14.6. The Morgan fingerprint density at radius 1 is 1.20 bits per heavy atom. The molecule has 0 aliphatic heterocycles. The smallest absolute Gasteiger partial charge is 0.257 e. The Bertz CT molecular complexity index is 662. The van der Waals surface area contributed by atoms with Gasteiger partial charge in [0.05, 0.1) is 23.4 Å². The first-order valence-electron chi connectivity index (χ1n) is 5.61. The highest BCUT2D eigenvalue weighted by Crippen LogP contribution is 2.27. The van der Waals surface area contributed by atoms with E-state index in [1.807, 2.05) is 0 Å². The zero-order valence-corrected chi connectivity index (χ0v) is 11.9. The van der Waals surface area contributed by atoms with Crippen molar-refractivity contribution in [2.24, 2.45) is 0 Å². The number of nitrogens with one attached hydrogen (secondary N) is 1. The lowest BCUT2D eigenvalue weighted by Crippen LogP contribution is -2.13. The Morgan fingerprint density at radius 2 is 1.95 bits per heavy atom. The molecule has 0 aliphatic rings. The maximum Gasteiger partial charge on any atom is 0.257 e. The van der Waals surface area contributed by atoms with Crippen LogP contribution in [0.3, 0.4) is 0 Å². The van der Waals surface area contributed by atoms with E-state index >= 15 is 0 Å². The summed E-state index contributed by atoms with van der Waals surface area (Å²) in [6.07, 6.45) is 0. The fourth-order valence-corrected chi connectivity index (χ4v) is 2.00. The van der Waals surface area contributed by atoms with E-state index in [1.165, 1.54) is 37.4 Å². The predicted molar refractivity (Wildman–Crippen MR) is 77.4 cm³/mol. The average molecular weight is 314 g/mol. The molecule has 2 rings (SSSR count). The van der Waals surface area contributed by atoms with Crippen LogP contribution in [0.1, 0.15) is 10.4 Å². The molecule has 2 aromatic rings. The highest BCUT2D eigenvalue weighted by Gasteiger charge is 2.14. The van der Waals surface area contributed by atoms with Crippen LogP contribution in [-0.2, 0) is 0 Å². The summed E-state index contributed by atoms with van der Waals surface area (Å²) in [4.78, 5) is 12.1. The van der Waals surface area contributed by atoms with E-state index in [2.05, 4.69) is 5.32 Å². The van der Waals surface area contributed by atoms with Gasteiger partial charge in [-0.1, -0.05) is 23.2 Å². The summed E-state index contributed by atoms with van der Waals surface area (Å²) >= 11 is 11.8. The van der Waals surface area contributed by atoms with Gasteiger partial charge >= 0.3 is 0 Å². The molecule has 1 N–H and O–H groups in total. The van der Waals surface area contributed by atoms with Crippen LogP contribution in [-0.4, -0.2) is 13.0 Å². The number of carbonyl (C=O) groups is 1. The molecule has 0 atom stereocenters. The molecule has 0 saturated carbocycles. The van der Waals surface area contributed by atoms with E-state index in [9.17, 15) is 9.18 Å². The standard InChI is InChI=1S/C14H10Cl2FNO2/c1-20-13-7-9(17)3-5-12(13)18-14(19)10-6-8(15)2-4-11(10)16/h2-7H,1H3,(H,18,19). The molecular weight excluding hydrogens is 304 g/mol. The molecular formula is C14H10Cl2FNO2. The van der Waals surface area contributed by atoms with Gasteiger partial charge in [0.2, 0.25) is 0 Å². The first-order valence-corrected chi connectivity index (χ1v) is 6.37. The van der Waals surface area contributed by atoms with E-state index in [4.69, 9.17) is 27.9 Å². The van der Waals surface area contributed by atoms with Crippen LogP contribution in [0, 0.1) is 5.82 Å². The molecule has 0 heterocycles. The summed E-state index contributed by atoms with van der Waals surface area (Å²) in [5.41, 5.74) is 0.570. The van der Waals surface area contributed by atoms with Crippen molar-refractivity contribution in [3.8, 4) is 5.75 Å². The maximum absolute atomic E-state index is 13.1. The third kappa shape index (κ3) is 3.21. The predicted octanol–water partition coefficient (Wildman–Crippen LogP) is 4.39. The van der Waals surface area contributed by atoms with Gasteiger partial charge in [-0.2, -0.15) is 0 Å². The first-order chi connectivity index (χ1) is 9.51. The molecule has 0 saturated heterocycles. The number of carbonyl (C=O) groups excluding carboxylic acids is 1. The Hall–Kier alpha value is -1.78. The lowest BCUT2D eigenvalue weighted by atomic mass is 10.2. The van der Waals surface area contributed by atoms with Gasteiger partial charge in [-0.25, -0.2) is 4.39 Å². The van der Waals surface area contributed by atoms with Gasteiger partial charge in [-0.3, -0.25) is 4.79 Å². The zero-order valence-electron chi connectivity index (χ0n) is 10.4. The Balaban J connectivity index is 2.30. The fraction of sp³-hybridized carbons (Fsp3) is 0.0714. The molecule has 0 fully saturated rings. The molecule has 6 heteroatoms. The summed E-state index contributed by atoms with van der Waals surface area (Å²) in [5.74, 6) is -0.695. The van der Waals surface area contributed by atoms with Crippen molar-refractivity contribution >= 4 is 34.8 Å². The minimum absolute atomic E-state index is 0.219. The topological polar surface area (TPSA) is 38.3 Å². The van der Waals surface area contributed by atoms with Crippen molar-refractivity contribution in [2.75, 3.05) is 12.4 Å². The summed E-state index contributed by atoms with van der Waals surface area (Å²) in [5, 5.41) is 3.26. The number of hydrogen-bond donors (Lipinski definition) is 1. The summed E-state index contributed by atoms with van der Waals surface area (Å²) in [6, 6.07) is 8.37. The second-order valence-corrected chi connectivity index (χ2v) is 4.77. The van der Waals surface area contributed by atoms with Gasteiger partial charge in [0.15, 0.2) is 0 Å². The number of ether oxygens (including phenoxy) is 1. The number of hydrogen-bond acceptors (Lipinski definition) is 2. The van der Waals surface area contributed by atoms with Crippen molar-refractivity contribution < 1.29 is 13.9 Å². The van der Waals surface area contributed by atoms with Crippen LogP contribution >= 0.6 is 23.2 Å². The molecule has 0 aliphatic carbocycles. The molecule has 1 amide bonds. The van der Waals surface area contributed by atoms with E-state index in [1.54, 1.807) is 6.07 Å². The highest BCUT2D eigenvalue weighted by molar-refractivity contribution is 6.36. The molecule has 0 unspecified atom stereocenters. The minimum atomic E-state index is -0.458. The van der Waals surface area contributed by atoms with Gasteiger partial charge in [0.1, 0.15) is 11.6 Å². The SMILES string of the molecule is COc1cc(F)ccc1NC(=O)c1cc(Cl)ccc1Cl. The van der Waals surface area contributed by atoms with Gasteiger partial charge in [-0.05, 0) is 30.3 Å². The molecule has 104 valence electrons. The Morgan fingerprint density at radius 3 is 2.65 bits per heavy atom. The van der Waals surface area contributed by atoms with Crippen molar-refractivity contribution in [3.63, 3.8) is 0 Å². The van der Waals surface area contributed by atoms with E-state index < -0.39 is 11.7 Å². The van der Waals surface area contributed by atoms with E-state index in [0.29, 0.717) is 10.7 Å². The summed E-state index contributed by atoms with van der Waals surface area (Å²) < 4.78 is 18.1. The number of halogens is 3. The van der Waals surface area contributed by atoms with E-state index in [-0.39, 0.29) is 16.3 Å². The van der Waals surface area contributed by atoms with Crippen LogP contribution in [0.2, 0.25) is 10.0 Å². The molecule has 20 heavy (non-hydrogen) atoms.